The average Bonchev–Trinajstić information content (AvgIpc) is 2.35. The Labute approximate surface area is 104 Å². The minimum absolute atomic E-state index is 0.492. The smallest absolute Gasteiger partial charge is 0.0931 e. The summed E-state index contributed by atoms with van der Waals surface area (Å²) in [5, 5.41) is 9.42. The highest BCUT2D eigenvalue weighted by Crippen LogP contribution is 2.18. The molecule has 0 aromatic carbocycles. The molecule has 0 radical (unpaired) electrons. The number of pyridine rings is 1. The van der Waals surface area contributed by atoms with E-state index in [2.05, 4.69) is 30.7 Å². The number of aliphatic hydroxyl groups excluding tert-OH is 1. The fourth-order valence-corrected chi connectivity index (χ4v) is 1.75. The van der Waals surface area contributed by atoms with Crippen molar-refractivity contribution in [3.8, 4) is 0 Å². The van der Waals surface area contributed by atoms with E-state index in [1.807, 2.05) is 18.3 Å². The van der Waals surface area contributed by atoms with Crippen molar-refractivity contribution in [1.29, 1.82) is 0 Å². The maximum Gasteiger partial charge on any atom is 0.0931 e. The van der Waals surface area contributed by atoms with E-state index in [1.165, 1.54) is 6.42 Å². The highest BCUT2D eigenvalue weighted by atomic mass is 16.3. The Balaban J connectivity index is 2.75. The molecule has 96 valence electrons. The van der Waals surface area contributed by atoms with E-state index >= 15 is 0 Å². The molecule has 0 bridgehead atoms. The predicted molar refractivity (Wildman–Crippen MR) is 72.2 cm³/mol. The Morgan fingerprint density at radius 2 is 2.00 bits per heavy atom. The Kier molecular flexibility index (Phi) is 5.42. The van der Waals surface area contributed by atoms with Crippen molar-refractivity contribution >= 4 is 5.69 Å². The third-order valence-electron chi connectivity index (χ3n) is 3.17. The summed E-state index contributed by atoms with van der Waals surface area (Å²) in [5.74, 6) is 0.686. The Morgan fingerprint density at radius 1 is 1.29 bits per heavy atom. The quantitative estimate of drug-likeness (QED) is 0.825. The van der Waals surface area contributed by atoms with E-state index in [0.717, 1.165) is 24.5 Å². The van der Waals surface area contributed by atoms with Gasteiger partial charge in [0.05, 0.1) is 23.7 Å². The van der Waals surface area contributed by atoms with Crippen LogP contribution in [0.5, 0.6) is 0 Å². The molecule has 2 atom stereocenters. The van der Waals surface area contributed by atoms with Gasteiger partial charge >= 0.3 is 0 Å². The molecule has 1 unspecified atom stereocenters. The van der Waals surface area contributed by atoms with Crippen molar-refractivity contribution < 1.29 is 5.11 Å². The van der Waals surface area contributed by atoms with E-state index in [9.17, 15) is 5.11 Å². The molecule has 1 aromatic rings. The predicted octanol–water partition coefficient (Wildman–Crippen LogP) is 3.01. The Hall–Kier alpha value is -1.09. The third kappa shape index (κ3) is 4.00. The van der Waals surface area contributed by atoms with E-state index in [0.29, 0.717) is 5.92 Å². The van der Waals surface area contributed by atoms with E-state index in [1.54, 1.807) is 6.92 Å². The lowest BCUT2D eigenvalue weighted by Crippen LogP contribution is -2.28. The number of hydrogen-bond acceptors (Lipinski definition) is 3. The molecule has 0 aliphatic rings. The molecule has 1 heterocycles. The van der Waals surface area contributed by atoms with Gasteiger partial charge in [-0.15, -0.1) is 0 Å². The second kappa shape index (κ2) is 6.60. The summed E-state index contributed by atoms with van der Waals surface area (Å²) in [6, 6.07) is 3.94. The molecule has 1 aromatic heterocycles. The molecule has 1 N–H and O–H groups in total. The van der Waals surface area contributed by atoms with Crippen LogP contribution in [0.15, 0.2) is 18.3 Å². The topological polar surface area (TPSA) is 36.4 Å². The minimum Gasteiger partial charge on any atom is -0.387 e. The maximum absolute atomic E-state index is 9.42. The van der Waals surface area contributed by atoms with Gasteiger partial charge in [0.1, 0.15) is 0 Å². The van der Waals surface area contributed by atoms with Crippen LogP contribution < -0.4 is 4.90 Å². The molecule has 1 rings (SSSR count). The van der Waals surface area contributed by atoms with Crippen molar-refractivity contribution in [2.45, 2.75) is 40.2 Å². The van der Waals surface area contributed by atoms with Gasteiger partial charge in [0.2, 0.25) is 0 Å². The summed E-state index contributed by atoms with van der Waals surface area (Å²) in [7, 11) is 0. The van der Waals surface area contributed by atoms with Crippen molar-refractivity contribution in [2.24, 2.45) is 5.92 Å². The van der Waals surface area contributed by atoms with Gasteiger partial charge in [-0.25, -0.2) is 0 Å². The lowest BCUT2D eigenvalue weighted by Gasteiger charge is -2.26. The van der Waals surface area contributed by atoms with Gasteiger partial charge in [0.25, 0.3) is 0 Å². The van der Waals surface area contributed by atoms with Crippen molar-refractivity contribution in [1.82, 2.24) is 4.98 Å². The van der Waals surface area contributed by atoms with Crippen LogP contribution in [0.2, 0.25) is 0 Å². The standard InChI is InChI=1S/C14H24N2O/c1-5-11(3)10-16(6-2)13-7-8-14(12(4)17)15-9-13/h7-9,11-12,17H,5-6,10H2,1-4H3/t11?,12-/m0/s1. The number of aromatic nitrogens is 1. The molecule has 0 saturated carbocycles. The first-order valence-electron chi connectivity index (χ1n) is 6.47. The molecule has 0 fully saturated rings. The van der Waals surface area contributed by atoms with Crippen LogP contribution in [0.3, 0.4) is 0 Å². The maximum atomic E-state index is 9.42. The van der Waals surface area contributed by atoms with Gasteiger partial charge in [-0.1, -0.05) is 20.3 Å². The van der Waals surface area contributed by atoms with Crippen LogP contribution in [0.4, 0.5) is 5.69 Å². The van der Waals surface area contributed by atoms with Gasteiger partial charge in [-0.2, -0.15) is 0 Å². The highest BCUT2D eigenvalue weighted by Gasteiger charge is 2.09. The van der Waals surface area contributed by atoms with E-state index in [4.69, 9.17) is 0 Å². The zero-order chi connectivity index (χ0) is 12.8. The summed E-state index contributed by atoms with van der Waals surface area (Å²) in [6.07, 6.45) is 2.55. The van der Waals surface area contributed by atoms with Crippen LogP contribution in [0.1, 0.15) is 45.9 Å². The highest BCUT2D eigenvalue weighted by molar-refractivity contribution is 5.44. The van der Waals surface area contributed by atoms with Crippen LogP contribution in [-0.4, -0.2) is 23.2 Å². The second-order valence-electron chi connectivity index (χ2n) is 4.67. The largest absolute Gasteiger partial charge is 0.387 e. The third-order valence-corrected chi connectivity index (χ3v) is 3.17. The van der Waals surface area contributed by atoms with E-state index in [-0.39, 0.29) is 0 Å². The Morgan fingerprint density at radius 3 is 2.41 bits per heavy atom. The summed E-state index contributed by atoms with van der Waals surface area (Å²) in [4.78, 5) is 6.61. The lowest BCUT2D eigenvalue weighted by molar-refractivity contribution is 0.194. The van der Waals surface area contributed by atoms with Gasteiger partial charge < -0.3 is 10.0 Å². The molecule has 3 nitrogen and oxygen atoms in total. The van der Waals surface area contributed by atoms with Crippen LogP contribution in [0.25, 0.3) is 0 Å². The first kappa shape index (κ1) is 14.0. The second-order valence-corrected chi connectivity index (χ2v) is 4.67. The number of hydrogen-bond donors (Lipinski definition) is 1. The molecule has 17 heavy (non-hydrogen) atoms. The molecule has 0 amide bonds. The molecular weight excluding hydrogens is 212 g/mol. The summed E-state index contributed by atoms with van der Waals surface area (Å²) in [6.45, 7) is 10.4. The molecule has 0 spiro atoms. The number of nitrogens with zero attached hydrogens (tertiary/aromatic N) is 2. The number of aliphatic hydroxyl groups is 1. The van der Waals surface area contributed by atoms with Gasteiger partial charge in [0, 0.05) is 13.1 Å². The normalized spacial score (nSPS) is 14.4. The van der Waals surface area contributed by atoms with Gasteiger partial charge in [-0.3, -0.25) is 4.98 Å². The fraction of sp³-hybridized carbons (Fsp3) is 0.643. The van der Waals surface area contributed by atoms with E-state index < -0.39 is 6.10 Å². The van der Waals surface area contributed by atoms with Gasteiger partial charge in [0.15, 0.2) is 0 Å². The van der Waals surface area contributed by atoms with Gasteiger partial charge in [-0.05, 0) is 31.9 Å². The molecule has 0 saturated heterocycles. The zero-order valence-corrected chi connectivity index (χ0v) is 11.3. The number of anilines is 1. The SMILES string of the molecule is CCC(C)CN(CC)c1ccc([C@H](C)O)nc1. The number of rotatable bonds is 6. The molecule has 3 heteroatoms. The summed E-state index contributed by atoms with van der Waals surface area (Å²) in [5.41, 5.74) is 1.87. The van der Waals surface area contributed by atoms with Crippen molar-refractivity contribution in [3.05, 3.63) is 24.0 Å². The minimum atomic E-state index is -0.492. The first-order valence-corrected chi connectivity index (χ1v) is 6.47. The van der Waals surface area contributed by atoms with Crippen LogP contribution in [-0.2, 0) is 0 Å². The fourth-order valence-electron chi connectivity index (χ4n) is 1.75. The molecule has 0 aliphatic heterocycles. The zero-order valence-electron chi connectivity index (χ0n) is 11.3. The monoisotopic (exact) mass is 236 g/mol. The average molecular weight is 236 g/mol. The molecule has 0 aliphatic carbocycles. The first-order chi connectivity index (χ1) is 8.08. The summed E-state index contributed by atoms with van der Waals surface area (Å²) >= 11 is 0. The molecular formula is C14H24N2O. The summed E-state index contributed by atoms with van der Waals surface area (Å²) < 4.78 is 0. The van der Waals surface area contributed by atoms with Crippen molar-refractivity contribution in [2.75, 3.05) is 18.0 Å². The lowest BCUT2D eigenvalue weighted by atomic mass is 10.1. The van der Waals surface area contributed by atoms with Crippen LogP contribution in [0, 0.1) is 5.92 Å². The van der Waals surface area contributed by atoms with Crippen molar-refractivity contribution in [3.63, 3.8) is 0 Å². The Bertz CT molecular complexity index is 321. The van der Waals surface area contributed by atoms with Crippen LogP contribution >= 0.6 is 0 Å².